The van der Waals surface area contributed by atoms with Gasteiger partial charge >= 0.3 is 5.97 Å². The number of allylic oxidation sites excluding steroid dienone is 1. The van der Waals surface area contributed by atoms with Gasteiger partial charge in [-0.2, -0.15) is 0 Å². The molecule has 3 nitrogen and oxygen atoms in total. The summed E-state index contributed by atoms with van der Waals surface area (Å²) < 4.78 is 8.16. The van der Waals surface area contributed by atoms with Crippen LogP contribution < -0.4 is 0 Å². The van der Waals surface area contributed by atoms with E-state index >= 15 is 0 Å². The Bertz CT molecular complexity index is 776. The molecule has 1 aromatic carbocycles. The molecular weight excluding hydrogens is 358 g/mol. The van der Waals surface area contributed by atoms with E-state index in [0.717, 1.165) is 32.2 Å². The van der Waals surface area contributed by atoms with Gasteiger partial charge in [-0.25, -0.2) is 4.79 Å². The molecule has 1 aliphatic rings. The highest BCUT2D eigenvalue weighted by molar-refractivity contribution is 5.82. The van der Waals surface area contributed by atoms with Crippen molar-refractivity contribution in [2.45, 2.75) is 70.9 Å². The molecule has 0 radical (unpaired) electrons. The summed E-state index contributed by atoms with van der Waals surface area (Å²) in [6.45, 7) is 7.82. The number of benzene rings is 1. The minimum absolute atomic E-state index is 0.0210. The molecule has 1 heterocycles. The van der Waals surface area contributed by atoms with E-state index in [-0.39, 0.29) is 17.5 Å². The number of hydrogen-bond donors (Lipinski definition) is 0. The largest absolute Gasteiger partial charge is 0.459 e. The van der Waals surface area contributed by atoms with Crippen LogP contribution in [-0.4, -0.2) is 16.6 Å². The average molecular weight is 394 g/mol. The number of carbonyl (C=O) groups is 1. The number of nitrogens with zero attached hydrogens (tertiary/aromatic N) is 1. The summed E-state index contributed by atoms with van der Waals surface area (Å²) in [5, 5.41) is 0. The lowest BCUT2D eigenvalue weighted by molar-refractivity contribution is -0.150. The first-order valence-electron chi connectivity index (χ1n) is 11.0. The Hall–Kier alpha value is -2.29. The molecule has 0 bridgehead atoms. The Morgan fingerprint density at radius 1 is 1.14 bits per heavy atom. The fourth-order valence-corrected chi connectivity index (χ4v) is 4.65. The van der Waals surface area contributed by atoms with Crippen LogP contribution in [0.5, 0.6) is 0 Å². The predicted molar refractivity (Wildman–Crippen MR) is 119 cm³/mol. The van der Waals surface area contributed by atoms with Crippen molar-refractivity contribution in [3.05, 3.63) is 72.6 Å². The molecule has 1 fully saturated rings. The lowest BCUT2D eigenvalue weighted by atomic mass is 9.64. The first kappa shape index (κ1) is 21.4. The van der Waals surface area contributed by atoms with Crippen molar-refractivity contribution < 1.29 is 9.53 Å². The highest BCUT2D eigenvalue weighted by atomic mass is 16.5. The van der Waals surface area contributed by atoms with Gasteiger partial charge in [-0.05, 0) is 54.7 Å². The van der Waals surface area contributed by atoms with Crippen molar-refractivity contribution in [3.8, 4) is 0 Å². The molecule has 3 rings (SSSR count). The van der Waals surface area contributed by atoms with E-state index in [1.807, 2.05) is 18.2 Å². The van der Waals surface area contributed by atoms with E-state index in [2.05, 4.69) is 68.1 Å². The van der Waals surface area contributed by atoms with Crippen molar-refractivity contribution >= 4 is 5.97 Å². The van der Waals surface area contributed by atoms with Crippen molar-refractivity contribution in [1.29, 1.82) is 0 Å². The summed E-state index contributed by atoms with van der Waals surface area (Å²) in [5.74, 6) is 0.743. The molecule has 156 valence electrons. The molecule has 0 N–H and O–H groups in total. The summed E-state index contributed by atoms with van der Waals surface area (Å²) in [5.41, 5.74) is 1.30. The number of rotatable bonds is 8. The first-order valence-corrected chi connectivity index (χ1v) is 11.0. The normalized spacial score (nSPS) is 22.7. The molecule has 3 heteroatoms. The third-order valence-corrected chi connectivity index (χ3v) is 6.47. The van der Waals surface area contributed by atoms with Crippen molar-refractivity contribution in [3.63, 3.8) is 0 Å². The van der Waals surface area contributed by atoms with Gasteiger partial charge in [-0.15, -0.1) is 0 Å². The van der Waals surface area contributed by atoms with Gasteiger partial charge in [0.05, 0.1) is 0 Å². The van der Waals surface area contributed by atoms with E-state index in [1.165, 1.54) is 12.0 Å². The quantitative estimate of drug-likeness (QED) is 0.306. The number of esters is 1. The Morgan fingerprint density at radius 3 is 2.59 bits per heavy atom. The van der Waals surface area contributed by atoms with Gasteiger partial charge in [-0.1, -0.05) is 63.6 Å². The zero-order chi connectivity index (χ0) is 20.7. The molecule has 0 amide bonds. The van der Waals surface area contributed by atoms with Crippen LogP contribution in [0, 0.1) is 11.8 Å². The highest BCUT2D eigenvalue weighted by Gasteiger charge is 2.41. The fraction of sp³-hybridized carbons (Fsp3) is 0.500. The van der Waals surface area contributed by atoms with Gasteiger partial charge in [0.2, 0.25) is 0 Å². The van der Waals surface area contributed by atoms with Crippen LogP contribution in [-0.2, 0) is 21.5 Å². The zero-order valence-corrected chi connectivity index (χ0v) is 18.1. The summed E-state index contributed by atoms with van der Waals surface area (Å²) in [4.78, 5) is 12.5. The molecule has 1 aliphatic carbocycles. The second kappa shape index (κ2) is 9.96. The van der Waals surface area contributed by atoms with E-state index in [4.69, 9.17) is 4.74 Å². The maximum atomic E-state index is 12.5. The van der Waals surface area contributed by atoms with E-state index in [0.29, 0.717) is 11.8 Å². The molecule has 0 saturated heterocycles. The minimum Gasteiger partial charge on any atom is -0.459 e. The fourth-order valence-electron chi connectivity index (χ4n) is 4.65. The standard InChI is InChI=1S/C26H35NO2/c1-21-15-16-23(26(2,3)22-12-6-4-7-13-22)24(20-21)29-25(28)14-8-5-9-17-27-18-10-11-19-27/h4,6-8,10-14,18-19,21,23-24H,5,9,15-17,20H2,1-3H3/b14-8+/t21-,23-,24-/m1/s1. The van der Waals surface area contributed by atoms with Gasteiger partial charge in [0.15, 0.2) is 0 Å². The van der Waals surface area contributed by atoms with Crippen LogP contribution >= 0.6 is 0 Å². The van der Waals surface area contributed by atoms with Crippen molar-refractivity contribution in [2.75, 3.05) is 0 Å². The number of carbonyl (C=O) groups excluding carboxylic acids is 1. The molecule has 2 aromatic rings. The number of aryl methyl sites for hydroxylation is 1. The smallest absolute Gasteiger partial charge is 0.330 e. The van der Waals surface area contributed by atoms with Gasteiger partial charge in [0, 0.05) is 30.9 Å². The highest BCUT2D eigenvalue weighted by Crippen LogP contribution is 2.43. The molecule has 29 heavy (non-hydrogen) atoms. The van der Waals surface area contributed by atoms with Crippen LogP contribution in [0.4, 0.5) is 0 Å². The number of hydrogen-bond acceptors (Lipinski definition) is 2. The Labute approximate surface area is 175 Å². The summed E-state index contributed by atoms with van der Waals surface area (Å²) in [7, 11) is 0. The van der Waals surface area contributed by atoms with E-state index in [9.17, 15) is 4.79 Å². The van der Waals surface area contributed by atoms with Gasteiger partial charge in [0.25, 0.3) is 0 Å². The second-order valence-electron chi connectivity index (χ2n) is 9.05. The molecule has 1 saturated carbocycles. The molecule has 0 spiro atoms. The topological polar surface area (TPSA) is 31.2 Å². The van der Waals surface area contributed by atoms with Gasteiger partial charge in [0.1, 0.15) is 6.10 Å². The second-order valence-corrected chi connectivity index (χ2v) is 9.05. The monoisotopic (exact) mass is 393 g/mol. The van der Waals surface area contributed by atoms with Crippen LogP contribution in [0.2, 0.25) is 0 Å². The predicted octanol–water partition coefficient (Wildman–Crippen LogP) is 6.15. The lowest BCUT2D eigenvalue weighted by Crippen LogP contribution is -2.43. The van der Waals surface area contributed by atoms with Crippen LogP contribution in [0.3, 0.4) is 0 Å². The molecule has 0 aliphatic heterocycles. The number of aromatic nitrogens is 1. The van der Waals surface area contributed by atoms with Crippen LogP contribution in [0.25, 0.3) is 0 Å². The molecule has 3 atom stereocenters. The maximum absolute atomic E-state index is 12.5. The maximum Gasteiger partial charge on any atom is 0.330 e. The van der Waals surface area contributed by atoms with Crippen LogP contribution in [0.15, 0.2) is 67.0 Å². The van der Waals surface area contributed by atoms with Crippen LogP contribution in [0.1, 0.15) is 58.4 Å². The first-order chi connectivity index (χ1) is 14.0. The molecule has 1 aromatic heterocycles. The lowest BCUT2D eigenvalue weighted by Gasteiger charge is -2.43. The van der Waals surface area contributed by atoms with E-state index in [1.54, 1.807) is 6.08 Å². The SMILES string of the molecule is C[C@@H]1CC[C@@H](C(C)(C)c2ccccc2)[C@H](OC(=O)/C=C/CCCn2cccc2)C1. The average Bonchev–Trinajstić information content (AvgIpc) is 3.22. The molecular formula is C26H35NO2. The Balaban J connectivity index is 1.57. The van der Waals surface area contributed by atoms with Crippen molar-refractivity contribution in [1.82, 2.24) is 4.57 Å². The third kappa shape index (κ3) is 5.85. The third-order valence-electron chi connectivity index (χ3n) is 6.47. The summed E-state index contributed by atoms with van der Waals surface area (Å²) in [6.07, 6.45) is 12.8. The van der Waals surface area contributed by atoms with Gasteiger partial charge in [-0.3, -0.25) is 0 Å². The van der Waals surface area contributed by atoms with Crippen molar-refractivity contribution in [2.24, 2.45) is 11.8 Å². The van der Waals surface area contributed by atoms with Gasteiger partial charge < -0.3 is 9.30 Å². The Morgan fingerprint density at radius 2 is 1.86 bits per heavy atom. The van der Waals surface area contributed by atoms with E-state index < -0.39 is 0 Å². The summed E-state index contributed by atoms with van der Waals surface area (Å²) >= 11 is 0. The zero-order valence-electron chi connectivity index (χ0n) is 18.1. The minimum atomic E-state index is -0.195. The summed E-state index contributed by atoms with van der Waals surface area (Å²) in [6, 6.07) is 14.7. The Kier molecular flexibility index (Phi) is 7.35. The number of unbranched alkanes of at least 4 members (excludes halogenated alkanes) is 1. The number of ether oxygens (including phenoxy) is 1. The molecule has 0 unspecified atom stereocenters.